The fourth-order valence-corrected chi connectivity index (χ4v) is 4.97. The number of nitrogens with zero attached hydrogens (tertiary/aromatic N) is 3. The highest BCUT2D eigenvalue weighted by atomic mass is 32.2. The summed E-state index contributed by atoms with van der Waals surface area (Å²) in [6.07, 6.45) is 0.118. The number of rotatable bonds is 9. The van der Waals surface area contributed by atoms with E-state index in [2.05, 4.69) is 15.5 Å². The molecule has 2 aliphatic heterocycles. The van der Waals surface area contributed by atoms with Gasteiger partial charge in [0.1, 0.15) is 22.8 Å². The molecule has 0 radical (unpaired) electrons. The first-order valence-corrected chi connectivity index (χ1v) is 11.5. The quantitative estimate of drug-likeness (QED) is 0.101. The van der Waals surface area contributed by atoms with Gasteiger partial charge in [-0.3, -0.25) is 19.3 Å². The molecule has 1 aromatic rings. The Hall–Kier alpha value is -3.17. The Bertz CT molecular complexity index is 1020. The van der Waals surface area contributed by atoms with Gasteiger partial charge in [-0.1, -0.05) is 12.1 Å². The predicted molar refractivity (Wildman–Crippen MR) is 116 cm³/mol. The topological polar surface area (TPSA) is 183 Å². The Kier molecular flexibility index (Phi) is 7.88. The van der Waals surface area contributed by atoms with Gasteiger partial charge in [-0.15, -0.1) is 23.1 Å². The van der Waals surface area contributed by atoms with Crippen LogP contribution in [0.15, 0.2) is 21.8 Å². The molecule has 1 unspecified atom stereocenters. The van der Waals surface area contributed by atoms with Crippen molar-refractivity contribution >= 4 is 57.7 Å². The van der Waals surface area contributed by atoms with E-state index in [9.17, 15) is 24.4 Å². The molecule has 33 heavy (non-hydrogen) atoms. The average Bonchev–Trinajstić information content (AvgIpc) is 3.23. The number of carbonyl (C=O) groups excluding carboxylic acids is 4. The Labute approximate surface area is 195 Å². The number of nitrogens with one attached hydrogen (secondary N) is 1. The number of nitrogens with two attached hydrogens (primary N) is 1. The Balaban J connectivity index is 1.72. The zero-order valence-corrected chi connectivity index (χ0v) is 19.2. The first-order valence-electron chi connectivity index (χ1n) is 9.55. The number of hydrogen-bond acceptors (Lipinski definition) is 13. The van der Waals surface area contributed by atoms with Crippen molar-refractivity contribution in [3.05, 3.63) is 22.3 Å². The third-order valence-corrected chi connectivity index (χ3v) is 6.64. The van der Waals surface area contributed by atoms with Gasteiger partial charge in [-0.25, -0.2) is 9.78 Å². The standard InChI is InChI=1S/C18H21N5O8S2/c1-3-10(24)30-7-31-17(27)13-8(4-29-2)5-32-16-12(15(26)23(13)16)21-14(25)11(22-28)9-6-33-18(19)20-9/h6,12,16,28H,3-5,7H2,1-2H3,(H2,19,20)(H,21,25)/t12?,16-/m0/s1. The van der Waals surface area contributed by atoms with Gasteiger partial charge in [0, 0.05) is 24.7 Å². The predicted octanol–water partition coefficient (Wildman–Crippen LogP) is -0.342. The molecule has 1 aromatic heterocycles. The average molecular weight is 500 g/mol. The van der Waals surface area contributed by atoms with Gasteiger partial charge in [-0.2, -0.15) is 0 Å². The van der Waals surface area contributed by atoms with Crippen molar-refractivity contribution in [2.45, 2.75) is 24.8 Å². The van der Waals surface area contributed by atoms with E-state index >= 15 is 0 Å². The van der Waals surface area contributed by atoms with Crippen LogP contribution in [0.4, 0.5) is 5.13 Å². The third-order valence-electron chi connectivity index (χ3n) is 4.62. The van der Waals surface area contributed by atoms with Crippen molar-refractivity contribution in [1.29, 1.82) is 0 Å². The maximum Gasteiger partial charge on any atom is 0.358 e. The van der Waals surface area contributed by atoms with E-state index in [1.54, 1.807) is 6.92 Å². The number of fused-ring (bicyclic) bond motifs is 1. The summed E-state index contributed by atoms with van der Waals surface area (Å²) >= 11 is 2.37. The van der Waals surface area contributed by atoms with E-state index < -0.39 is 47.7 Å². The molecule has 13 nitrogen and oxygen atoms in total. The van der Waals surface area contributed by atoms with E-state index in [4.69, 9.17) is 19.9 Å². The van der Waals surface area contributed by atoms with Crippen LogP contribution in [0, 0.1) is 0 Å². The molecule has 178 valence electrons. The van der Waals surface area contributed by atoms with Gasteiger partial charge in [0.25, 0.3) is 11.8 Å². The number of thioether (sulfide) groups is 1. The Morgan fingerprint density at radius 1 is 1.39 bits per heavy atom. The first kappa shape index (κ1) is 24.5. The number of amides is 2. The van der Waals surface area contributed by atoms with Crippen molar-refractivity contribution in [1.82, 2.24) is 15.2 Å². The summed E-state index contributed by atoms with van der Waals surface area (Å²) < 4.78 is 14.9. The van der Waals surface area contributed by atoms with Crippen LogP contribution in [-0.2, 0) is 33.4 Å². The van der Waals surface area contributed by atoms with Crippen molar-refractivity contribution in [2.24, 2.45) is 5.16 Å². The summed E-state index contributed by atoms with van der Waals surface area (Å²) in [5.74, 6) is -2.47. The summed E-state index contributed by atoms with van der Waals surface area (Å²) in [6, 6.07) is -0.986. The van der Waals surface area contributed by atoms with E-state index in [-0.39, 0.29) is 29.6 Å². The number of ether oxygens (including phenoxy) is 3. The highest BCUT2D eigenvalue weighted by Crippen LogP contribution is 2.40. The Morgan fingerprint density at radius 2 is 2.15 bits per heavy atom. The maximum atomic E-state index is 12.9. The number of anilines is 1. The fourth-order valence-electron chi connectivity index (χ4n) is 3.10. The maximum absolute atomic E-state index is 12.9. The zero-order valence-electron chi connectivity index (χ0n) is 17.6. The van der Waals surface area contributed by atoms with Crippen LogP contribution in [0.3, 0.4) is 0 Å². The lowest BCUT2D eigenvalue weighted by Gasteiger charge is -2.49. The molecule has 3 rings (SSSR count). The smallest absolute Gasteiger partial charge is 0.358 e. The van der Waals surface area contributed by atoms with Crippen LogP contribution in [0.2, 0.25) is 0 Å². The van der Waals surface area contributed by atoms with Gasteiger partial charge in [0.15, 0.2) is 10.8 Å². The van der Waals surface area contributed by atoms with Gasteiger partial charge in [-0.05, 0) is 5.57 Å². The van der Waals surface area contributed by atoms with Crippen LogP contribution in [0.1, 0.15) is 19.0 Å². The monoisotopic (exact) mass is 499 g/mol. The number of nitrogen functional groups attached to an aromatic ring is 1. The van der Waals surface area contributed by atoms with Crippen LogP contribution in [-0.4, -0.2) is 82.2 Å². The lowest BCUT2D eigenvalue weighted by molar-refractivity contribution is -0.167. The molecule has 3 heterocycles. The molecule has 15 heteroatoms. The molecular weight excluding hydrogens is 478 g/mol. The number of aromatic nitrogens is 1. The molecule has 0 bridgehead atoms. The van der Waals surface area contributed by atoms with Crippen LogP contribution in [0.25, 0.3) is 0 Å². The molecule has 1 saturated heterocycles. The molecule has 1 fully saturated rings. The van der Waals surface area contributed by atoms with Crippen molar-refractivity contribution in [3.8, 4) is 0 Å². The summed E-state index contributed by atoms with van der Waals surface area (Å²) in [4.78, 5) is 54.5. The molecule has 0 aliphatic carbocycles. The summed E-state index contributed by atoms with van der Waals surface area (Å²) in [7, 11) is 1.44. The molecule has 2 aliphatic rings. The van der Waals surface area contributed by atoms with Crippen LogP contribution < -0.4 is 11.1 Å². The Morgan fingerprint density at radius 3 is 2.76 bits per heavy atom. The zero-order chi connectivity index (χ0) is 24.1. The SMILES string of the molecule is CCC(=O)OCOC(=O)C1=C(COC)CS[C@H]2C(NC(=O)C(=NO)c3csc(N)n3)C(=O)N12. The first-order chi connectivity index (χ1) is 15.8. The highest BCUT2D eigenvalue weighted by molar-refractivity contribution is 8.00. The van der Waals surface area contributed by atoms with E-state index in [0.717, 1.165) is 11.3 Å². The molecule has 2 atom stereocenters. The fraction of sp³-hybridized carbons (Fsp3) is 0.444. The number of hydrogen-bond donors (Lipinski definition) is 3. The van der Waals surface area contributed by atoms with Crippen molar-refractivity contribution in [2.75, 3.05) is 32.0 Å². The lowest BCUT2D eigenvalue weighted by atomic mass is 10.0. The highest BCUT2D eigenvalue weighted by Gasteiger charge is 2.54. The summed E-state index contributed by atoms with van der Waals surface area (Å²) in [5, 5.41) is 15.7. The minimum Gasteiger partial charge on any atom is -0.428 e. The molecule has 0 saturated carbocycles. The number of thiazole rings is 1. The summed E-state index contributed by atoms with van der Waals surface area (Å²) in [6.45, 7) is 1.07. The van der Waals surface area contributed by atoms with Crippen LogP contribution >= 0.6 is 23.1 Å². The van der Waals surface area contributed by atoms with Gasteiger partial charge in [0.05, 0.1) is 6.61 Å². The number of esters is 2. The van der Waals surface area contributed by atoms with Crippen molar-refractivity contribution in [3.63, 3.8) is 0 Å². The van der Waals surface area contributed by atoms with Crippen molar-refractivity contribution < 1.29 is 38.6 Å². The molecular formula is C18H21N5O8S2. The second-order valence-electron chi connectivity index (χ2n) is 6.69. The molecule has 0 aromatic carbocycles. The molecule has 2 amide bonds. The number of methoxy groups -OCH3 is 1. The largest absolute Gasteiger partial charge is 0.428 e. The van der Waals surface area contributed by atoms with Gasteiger partial charge in [0.2, 0.25) is 6.79 Å². The lowest BCUT2D eigenvalue weighted by Crippen LogP contribution is -2.71. The van der Waals surface area contributed by atoms with Crippen LogP contribution in [0.5, 0.6) is 0 Å². The second-order valence-corrected chi connectivity index (χ2v) is 8.68. The summed E-state index contributed by atoms with van der Waals surface area (Å²) in [5.41, 5.74) is 5.70. The van der Waals surface area contributed by atoms with E-state index in [1.807, 2.05) is 0 Å². The number of oxime groups is 1. The minimum atomic E-state index is -0.986. The second kappa shape index (κ2) is 10.6. The van der Waals surface area contributed by atoms with E-state index in [1.165, 1.54) is 29.2 Å². The van der Waals surface area contributed by atoms with Gasteiger partial charge >= 0.3 is 11.9 Å². The third kappa shape index (κ3) is 5.09. The van der Waals surface area contributed by atoms with Gasteiger partial charge < -0.3 is 30.5 Å². The number of β-lactam (4-membered cyclic amide) rings is 1. The molecule has 0 spiro atoms. The van der Waals surface area contributed by atoms with E-state index in [0.29, 0.717) is 11.3 Å². The normalized spacial score (nSPS) is 20.1. The number of carbonyl (C=O) groups is 4. The molecule has 4 N–H and O–H groups in total. The minimum absolute atomic E-state index is 0.0213.